The Morgan fingerprint density at radius 2 is 2.00 bits per heavy atom. The molecule has 1 aromatic heterocycles. The van der Waals surface area contributed by atoms with Gasteiger partial charge in [-0.05, 0) is 35.9 Å². The third-order valence-corrected chi connectivity index (χ3v) is 4.30. The zero-order valence-electron chi connectivity index (χ0n) is 14.1. The van der Waals surface area contributed by atoms with Gasteiger partial charge in [-0.25, -0.2) is 14.4 Å². The highest BCUT2D eigenvalue weighted by molar-refractivity contribution is 5.99. The highest BCUT2D eigenvalue weighted by atomic mass is 19.1. The van der Waals surface area contributed by atoms with Gasteiger partial charge in [-0.2, -0.15) is 0 Å². The lowest BCUT2D eigenvalue weighted by molar-refractivity contribution is -0.115. The van der Waals surface area contributed by atoms with E-state index in [2.05, 4.69) is 15.3 Å². The van der Waals surface area contributed by atoms with E-state index in [4.69, 9.17) is 4.74 Å². The number of carbonyl (C=O) groups is 1. The summed E-state index contributed by atoms with van der Waals surface area (Å²) in [6.07, 6.45) is 2.35. The van der Waals surface area contributed by atoms with Gasteiger partial charge in [-0.15, -0.1) is 0 Å². The van der Waals surface area contributed by atoms with E-state index in [1.165, 1.54) is 12.1 Å². The lowest BCUT2D eigenvalue weighted by Gasteiger charge is -2.10. The van der Waals surface area contributed by atoms with Gasteiger partial charge in [0.2, 0.25) is 5.91 Å². The third-order valence-electron chi connectivity index (χ3n) is 4.30. The number of fused-ring (bicyclic) bond motifs is 3. The molecular weight excluding hydrogens is 333 g/mol. The molecule has 0 spiro atoms. The number of halogens is 1. The predicted octanol–water partition coefficient (Wildman–Crippen LogP) is 3.38. The Labute approximate surface area is 149 Å². The fraction of sp³-hybridized carbons (Fsp3) is 0.150. The Morgan fingerprint density at radius 1 is 1.19 bits per heavy atom. The summed E-state index contributed by atoms with van der Waals surface area (Å²) in [6.45, 7) is 0. The van der Waals surface area contributed by atoms with Crippen LogP contribution in [-0.2, 0) is 17.6 Å². The van der Waals surface area contributed by atoms with E-state index < -0.39 is 0 Å². The lowest BCUT2D eigenvalue weighted by atomic mass is 10.0. The van der Waals surface area contributed by atoms with E-state index in [0.717, 1.165) is 11.3 Å². The minimum Gasteiger partial charge on any atom is -0.497 e. The van der Waals surface area contributed by atoms with E-state index in [9.17, 15) is 9.18 Å². The summed E-state index contributed by atoms with van der Waals surface area (Å²) >= 11 is 0. The van der Waals surface area contributed by atoms with Crippen molar-refractivity contribution in [2.45, 2.75) is 12.8 Å². The summed E-state index contributed by atoms with van der Waals surface area (Å²) < 4.78 is 18.9. The van der Waals surface area contributed by atoms with Crippen molar-refractivity contribution in [2.75, 3.05) is 12.4 Å². The first-order chi connectivity index (χ1) is 12.6. The van der Waals surface area contributed by atoms with E-state index in [1.807, 2.05) is 24.3 Å². The van der Waals surface area contributed by atoms with Crippen LogP contribution in [0.2, 0.25) is 0 Å². The van der Waals surface area contributed by atoms with Gasteiger partial charge >= 0.3 is 0 Å². The molecule has 26 heavy (non-hydrogen) atoms. The molecule has 6 heteroatoms. The molecule has 130 valence electrons. The Balaban J connectivity index is 1.74. The normalized spacial score (nSPS) is 12.6. The van der Waals surface area contributed by atoms with E-state index in [0.29, 0.717) is 34.8 Å². The first-order valence-corrected chi connectivity index (χ1v) is 8.20. The molecule has 0 fully saturated rings. The molecule has 2 heterocycles. The number of nitrogens with one attached hydrogen (secondary N) is 1. The van der Waals surface area contributed by atoms with Crippen LogP contribution in [0.15, 0.2) is 48.7 Å². The van der Waals surface area contributed by atoms with Gasteiger partial charge < -0.3 is 10.1 Å². The highest BCUT2D eigenvalue weighted by Gasteiger charge is 2.21. The number of hydrogen-bond donors (Lipinski definition) is 1. The number of nitrogens with zero attached hydrogens (tertiary/aromatic N) is 2. The van der Waals surface area contributed by atoms with Crippen LogP contribution in [-0.4, -0.2) is 23.0 Å². The monoisotopic (exact) mass is 349 g/mol. The number of carbonyl (C=O) groups excluding carboxylic acids is 1. The number of hydrogen-bond acceptors (Lipinski definition) is 4. The molecule has 1 aliphatic rings. The van der Waals surface area contributed by atoms with Crippen LogP contribution in [0.25, 0.3) is 11.3 Å². The van der Waals surface area contributed by atoms with Crippen molar-refractivity contribution in [2.24, 2.45) is 0 Å². The number of aromatic nitrogens is 2. The number of ether oxygens (including phenoxy) is 1. The maximum atomic E-state index is 13.8. The van der Waals surface area contributed by atoms with Crippen LogP contribution in [0, 0.1) is 5.82 Å². The summed E-state index contributed by atoms with van der Waals surface area (Å²) in [4.78, 5) is 21.1. The van der Waals surface area contributed by atoms with Crippen LogP contribution >= 0.6 is 0 Å². The molecule has 1 N–H and O–H groups in total. The molecule has 0 unspecified atom stereocenters. The van der Waals surface area contributed by atoms with Crippen LogP contribution < -0.4 is 10.1 Å². The summed E-state index contributed by atoms with van der Waals surface area (Å²) in [5, 5.41) is 2.79. The Bertz CT molecular complexity index is 987. The summed E-state index contributed by atoms with van der Waals surface area (Å²) in [5.41, 5.74) is 3.45. The van der Waals surface area contributed by atoms with Crippen molar-refractivity contribution in [1.29, 1.82) is 0 Å². The fourth-order valence-electron chi connectivity index (χ4n) is 3.01. The minimum atomic E-state index is -0.374. The number of anilines is 1. The topological polar surface area (TPSA) is 64.1 Å². The number of amides is 1. The van der Waals surface area contributed by atoms with Crippen molar-refractivity contribution in [3.8, 4) is 17.0 Å². The number of benzene rings is 2. The first kappa shape index (κ1) is 16.2. The number of methoxy groups -OCH3 is 1. The second-order valence-electron chi connectivity index (χ2n) is 6.10. The van der Waals surface area contributed by atoms with Crippen LogP contribution in [0.4, 0.5) is 10.1 Å². The first-order valence-electron chi connectivity index (χ1n) is 8.20. The zero-order chi connectivity index (χ0) is 18.1. The van der Waals surface area contributed by atoms with E-state index in [1.54, 1.807) is 19.4 Å². The smallest absolute Gasteiger partial charge is 0.228 e. The minimum absolute atomic E-state index is 0.161. The molecule has 5 nitrogen and oxygen atoms in total. The van der Waals surface area contributed by atoms with Gasteiger partial charge in [0, 0.05) is 23.7 Å². The average molecular weight is 349 g/mol. The lowest BCUT2D eigenvalue weighted by Crippen LogP contribution is -2.12. The Morgan fingerprint density at radius 3 is 2.77 bits per heavy atom. The number of rotatable bonds is 3. The largest absolute Gasteiger partial charge is 0.497 e. The molecule has 0 radical (unpaired) electrons. The van der Waals surface area contributed by atoms with Gasteiger partial charge in [0.25, 0.3) is 0 Å². The summed E-state index contributed by atoms with van der Waals surface area (Å²) in [6, 6.07) is 11.9. The molecule has 1 amide bonds. The Kier molecular flexibility index (Phi) is 4.08. The van der Waals surface area contributed by atoms with Gasteiger partial charge in [0.05, 0.1) is 24.9 Å². The standard InChI is InChI=1S/C20H16FN3O2/c1-26-15-5-2-12(3-6-15)8-18-22-11-13-9-19(25)23-17-7-4-14(21)10-16(17)20(13)24-18/h2-7,10-11H,8-9H2,1H3,(H,23,25). The molecule has 2 aromatic carbocycles. The molecule has 1 aliphatic heterocycles. The molecule has 3 aromatic rings. The SMILES string of the molecule is COc1ccc(Cc2ncc3c(n2)-c2cc(F)ccc2NC(=O)C3)cc1. The molecule has 4 rings (SSSR count). The van der Waals surface area contributed by atoms with Crippen molar-refractivity contribution >= 4 is 11.6 Å². The van der Waals surface area contributed by atoms with Gasteiger partial charge in [0.15, 0.2) is 0 Å². The van der Waals surface area contributed by atoms with Crippen molar-refractivity contribution in [3.63, 3.8) is 0 Å². The van der Waals surface area contributed by atoms with Crippen molar-refractivity contribution in [3.05, 3.63) is 71.4 Å². The maximum Gasteiger partial charge on any atom is 0.228 e. The fourth-order valence-corrected chi connectivity index (χ4v) is 3.01. The van der Waals surface area contributed by atoms with Crippen LogP contribution in [0.3, 0.4) is 0 Å². The van der Waals surface area contributed by atoms with Crippen LogP contribution in [0.1, 0.15) is 17.0 Å². The summed E-state index contributed by atoms with van der Waals surface area (Å²) in [7, 11) is 1.62. The van der Waals surface area contributed by atoms with Gasteiger partial charge in [-0.3, -0.25) is 4.79 Å². The maximum absolute atomic E-state index is 13.8. The second kappa shape index (κ2) is 6.55. The average Bonchev–Trinajstić information content (AvgIpc) is 2.78. The predicted molar refractivity (Wildman–Crippen MR) is 95.6 cm³/mol. The molecule has 0 bridgehead atoms. The Hall–Kier alpha value is -3.28. The van der Waals surface area contributed by atoms with Crippen molar-refractivity contribution < 1.29 is 13.9 Å². The molecular formula is C20H16FN3O2. The molecule has 0 saturated heterocycles. The van der Waals surface area contributed by atoms with E-state index >= 15 is 0 Å². The van der Waals surface area contributed by atoms with Crippen molar-refractivity contribution in [1.82, 2.24) is 9.97 Å². The summed E-state index contributed by atoms with van der Waals surface area (Å²) in [5.74, 6) is 0.855. The van der Waals surface area contributed by atoms with Gasteiger partial charge in [0.1, 0.15) is 17.4 Å². The third kappa shape index (κ3) is 3.13. The van der Waals surface area contributed by atoms with Gasteiger partial charge in [-0.1, -0.05) is 12.1 Å². The second-order valence-corrected chi connectivity index (χ2v) is 6.10. The molecule has 0 aliphatic carbocycles. The van der Waals surface area contributed by atoms with Crippen LogP contribution in [0.5, 0.6) is 5.75 Å². The molecule has 0 atom stereocenters. The van der Waals surface area contributed by atoms with E-state index in [-0.39, 0.29) is 18.1 Å². The quantitative estimate of drug-likeness (QED) is 0.787. The molecule has 0 saturated carbocycles. The zero-order valence-corrected chi connectivity index (χ0v) is 14.1. The highest BCUT2D eigenvalue weighted by Crippen LogP contribution is 2.33.